The molecule has 0 bridgehead atoms. The molecule has 0 saturated heterocycles. The van der Waals surface area contributed by atoms with Crippen molar-refractivity contribution in [2.24, 2.45) is 5.73 Å². The Bertz CT molecular complexity index is 337. The van der Waals surface area contributed by atoms with Gasteiger partial charge in [-0.2, -0.15) is 0 Å². The smallest absolute Gasteiger partial charge is 0.118 e. The van der Waals surface area contributed by atoms with Gasteiger partial charge in [0.15, 0.2) is 0 Å². The minimum Gasteiger partial charge on any atom is -0.497 e. The van der Waals surface area contributed by atoms with Crippen LogP contribution in [0.2, 0.25) is 0 Å². The van der Waals surface area contributed by atoms with Crippen molar-refractivity contribution in [2.45, 2.75) is 37.8 Å². The minimum absolute atomic E-state index is 0.353. The van der Waals surface area contributed by atoms with E-state index < -0.39 is 0 Å². The Morgan fingerprint density at radius 1 is 1.29 bits per heavy atom. The lowest BCUT2D eigenvalue weighted by Gasteiger charge is -2.17. The number of ether oxygens (including phenoxy) is 1. The fourth-order valence-electron chi connectivity index (χ4n) is 2.44. The van der Waals surface area contributed by atoms with Gasteiger partial charge >= 0.3 is 0 Å². The van der Waals surface area contributed by atoms with Crippen molar-refractivity contribution >= 4 is 0 Å². The lowest BCUT2D eigenvalue weighted by molar-refractivity contribution is 0.414. The van der Waals surface area contributed by atoms with E-state index >= 15 is 0 Å². The largest absolute Gasteiger partial charge is 0.497 e. The Morgan fingerprint density at radius 3 is 2.65 bits per heavy atom. The fraction of sp³-hybridized carbons (Fsp3) is 0.571. The predicted molar refractivity (Wildman–Crippen MR) is 70.3 cm³/mol. The van der Waals surface area contributed by atoms with Gasteiger partial charge in [-0.15, -0.1) is 0 Å². The molecule has 3 heteroatoms. The van der Waals surface area contributed by atoms with Crippen LogP contribution in [0, 0.1) is 0 Å². The van der Waals surface area contributed by atoms with Crippen molar-refractivity contribution in [3.63, 3.8) is 0 Å². The highest BCUT2D eigenvalue weighted by molar-refractivity contribution is 5.27. The van der Waals surface area contributed by atoms with E-state index in [1.54, 1.807) is 7.11 Å². The highest BCUT2D eigenvalue weighted by Crippen LogP contribution is 2.17. The molecular formula is C14H22N2O. The maximum atomic E-state index is 6.02. The van der Waals surface area contributed by atoms with Crippen molar-refractivity contribution in [1.82, 2.24) is 5.32 Å². The molecule has 17 heavy (non-hydrogen) atoms. The van der Waals surface area contributed by atoms with E-state index in [1.807, 2.05) is 12.1 Å². The van der Waals surface area contributed by atoms with Crippen molar-refractivity contribution < 1.29 is 4.74 Å². The van der Waals surface area contributed by atoms with Crippen LogP contribution in [0.25, 0.3) is 0 Å². The predicted octanol–water partition coefficient (Wildman–Crippen LogP) is 1.71. The standard InChI is InChI=1S/C14H22N2O/c1-17-12-7-5-11(6-8-12)9-10-16-14-4-2-3-13(14)15/h5-8,13-14,16H,2-4,9-10,15H2,1H3/t13-,14-/m1/s1. The summed E-state index contributed by atoms with van der Waals surface area (Å²) in [4.78, 5) is 0. The molecule has 0 heterocycles. The van der Waals surface area contributed by atoms with Crippen LogP contribution in [-0.2, 0) is 6.42 Å². The molecule has 2 rings (SSSR count). The Balaban J connectivity index is 1.73. The number of benzene rings is 1. The molecule has 0 aliphatic heterocycles. The number of nitrogens with two attached hydrogens (primary N) is 1. The Hall–Kier alpha value is -1.06. The molecule has 1 aromatic carbocycles. The highest BCUT2D eigenvalue weighted by Gasteiger charge is 2.22. The summed E-state index contributed by atoms with van der Waals surface area (Å²) in [6.07, 6.45) is 4.71. The first-order valence-electron chi connectivity index (χ1n) is 6.41. The molecular weight excluding hydrogens is 212 g/mol. The molecule has 1 aliphatic rings. The van der Waals surface area contributed by atoms with Gasteiger partial charge in [-0.3, -0.25) is 0 Å². The van der Waals surface area contributed by atoms with E-state index in [-0.39, 0.29) is 0 Å². The summed E-state index contributed by atoms with van der Waals surface area (Å²) in [5, 5.41) is 3.55. The lowest BCUT2D eigenvalue weighted by Crippen LogP contribution is -2.41. The lowest BCUT2D eigenvalue weighted by atomic mass is 10.1. The monoisotopic (exact) mass is 234 g/mol. The Morgan fingerprint density at radius 2 is 2.06 bits per heavy atom. The van der Waals surface area contributed by atoms with Crippen LogP contribution in [0.4, 0.5) is 0 Å². The molecule has 3 nitrogen and oxygen atoms in total. The van der Waals surface area contributed by atoms with Gasteiger partial charge in [0.25, 0.3) is 0 Å². The SMILES string of the molecule is COc1ccc(CCN[C@@H]2CCC[C@H]2N)cc1. The summed E-state index contributed by atoms with van der Waals surface area (Å²) in [7, 11) is 1.69. The quantitative estimate of drug-likeness (QED) is 0.815. The molecule has 0 aromatic heterocycles. The first-order chi connectivity index (χ1) is 8.29. The Labute approximate surface area is 103 Å². The third kappa shape index (κ3) is 3.45. The molecule has 0 amide bonds. The van der Waals surface area contributed by atoms with Gasteiger partial charge in [0.05, 0.1) is 7.11 Å². The van der Waals surface area contributed by atoms with Gasteiger partial charge in [-0.05, 0) is 43.5 Å². The topological polar surface area (TPSA) is 47.3 Å². The van der Waals surface area contributed by atoms with E-state index in [4.69, 9.17) is 10.5 Å². The van der Waals surface area contributed by atoms with Crippen LogP contribution in [0.1, 0.15) is 24.8 Å². The normalized spacial score (nSPS) is 23.9. The van der Waals surface area contributed by atoms with Gasteiger partial charge in [-0.1, -0.05) is 18.6 Å². The van der Waals surface area contributed by atoms with E-state index in [0.29, 0.717) is 12.1 Å². The second-order valence-electron chi connectivity index (χ2n) is 4.75. The molecule has 94 valence electrons. The third-order valence-corrected chi connectivity index (χ3v) is 3.55. The molecule has 1 fully saturated rings. The number of rotatable bonds is 5. The van der Waals surface area contributed by atoms with Gasteiger partial charge in [0, 0.05) is 12.1 Å². The van der Waals surface area contributed by atoms with Crippen molar-refractivity contribution in [3.8, 4) is 5.75 Å². The zero-order valence-corrected chi connectivity index (χ0v) is 10.5. The molecule has 1 saturated carbocycles. The summed E-state index contributed by atoms with van der Waals surface area (Å²) >= 11 is 0. The maximum Gasteiger partial charge on any atom is 0.118 e. The third-order valence-electron chi connectivity index (χ3n) is 3.55. The highest BCUT2D eigenvalue weighted by atomic mass is 16.5. The van der Waals surface area contributed by atoms with Crippen LogP contribution in [-0.4, -0.2) is 25.7 Å². The zero-order chi connectivity index (χ0) is 12.1. The summed E-state index contributed by atoms with van der Waals surface area (Å²) in [6.45, 7) is 1.00. The first-order valence-corrected chi connectivity index (χ1v) is 6.41. The van der Waals surface area contributed by atoms with Crippen molar-refractivity contribution in [3.05, 3.63) is 29.8 Å². The van der Waals surface area contributed by atoms with Crippen LogP contribution in [0.3, 0.4) is 0 Å². The van der Waals surface area contributed by atoms with E-state index in [1.165, 1.54) is 24.8 Å². The van der Waals surface area contributed by atoms with E-state index in [0.717, 1.165) is 18.7 Å². The number of nitrogens with one attached hydrogen (secondary N) is 1. The van der Waals surface area contributed by atoms with E-state index in [2.05, 4.69) is 17.4 Å². The summed E-state index contributed by atoms with van der Waals surface area (Å²) in [5.74, 6) is 0.916. The summed E-state index contributed by atoms with van der Waals surface area (Å²) < 4.78 is 5.14. The average molecular weight is 234 g/mol. The van der Waals surface area contributed by atoms with Crippen LogP contribution in [0.5, 0.6) is 5.75 Å². The van der Waals surface area contributed by atoms with Crippen molar-refractivity contribution in [2.75, 3.05) is 13.7 Å². The maximum absolute atomic E-state index is 6.02. The van der Waals surface area contributed by atoms with Gasteiger partial charge in [0.2, 0.25) is 0 Å². The second-order valence-corrected chi connectivity index (χ2v) is 4.75. The number of hydrogen-bond donors (Lipinski definition) is 2. The summed E-state index contributed by atoms with van der Waals surface area (Å²) in [5.41, 5.74) is 7.36. The average Bonchev–Trinajstić information content (AvgIpc) is 2.76. The number of hydrogen-bond acceptors (Lipinski definition) is 3. The van der Waals surface area contributed by atoms with Gasteiger partial charge < -0.3 is 15.8 Å². The van der Waals surface area contributed by atoms with Crippen LogP contribution in [0.15, 0.2) is 24.3 Å². The van der Waals surface area contributed by atoms with E-state index in [9.17, 15) is 0 Å². The fourth-order valence-corrected chi connectivity index (χ4v) is 2.44. The van der Waals surface area contributed by atoms with Gasteiger partial charge in [-0.25, -0.2) is 0 Å². The molecule has 0 spiro atoms. The van der Waals surface area contributed by atoms with Crippen molar-refractivity contribution in [1.29, 1.82) is 0 Å². The zero-order valence-electron chi connectivity index (χ0n) is 10.5. The molecule has 1 aliphatic carbocycles. The number of methoxy groups -OCH3 is 1. The molecule has 3 N–H and O–H groups in total. The molecule has 2 atom stereocenters. The Kier molecular flexibility index (Phi) is 4.40. The van der Waals surface area contributed by atoms with Crippen LogP contribution < -0.4 is 15.8 Å². The molecule has 0 radical (unpaired) electrons. The summed E-state index contributed by atoms with van der Waals surface area (Å²) in [6, 6.07) is 9.14. The first kappa shape index (κ1) is 12.4. The second kappa shape index (κ2) is 6.03. The minimum atomic E-state index is 0.353. The van der Waals surface area contributed by atoms with Crippen LogP contribution >= 0.6 is 0 Å². The van der Waals surface area contributed by atoms with Gasteiger partial charge in [0.1, 0.15) is 5.75 Å². The molecule has 0 unspecified atom stereocenters. The molecule has 1 aromatic rings.